The molecule has 1 rings (SSSR count). The minimum atomic E-state index is 1.47. The van der Waals surface area contributed by atoms with Crippen LogP contribution in [0, 0.1) is 6.67 Å². The van der Waals surface area contributed by atoms with Crippen LogP contribution in [0.25, 0.3) is 0 Å². The fraction of sp³-hybridized carbons (Fsp3) is 0. The van der Waals surface area contributed by atoms with Crippen molar-refractivity contribution in [3.63, 3.8) is 0 Å². The maximum absolute atomic E-state index is 3.62. The normalized spacial score (nSPS) is 17.3. The largest absolute Gasteiger partial charge is 0.338 e. The summed E-state index contributed by atoms with van der Waals surface area (Å²) in [4.78, 5) is 7.24. The third-order valence-electron chi connectivity index (χ3n) is 0.431. The van der Waals surface area contributed by atoms with Gasteiger partial charge < -0.3 is 5.32 Å². The maximum Gasteiger partial charge on any atom is 0.185 e. The molecule has 0 saturated carbocycles. The summed E-state index contributed by atoms with van der Waals surface area (Å²) in [6.07, 6.45) is 3.12. The van der Waals surface area contributed by atoms with Gasteiger partial charge in [0.25, 0.3) is 0 Å². The Balaban J connectivity index is 2.40. The number of aliphatic imine (C=N–C) groups is 2. The van der Waals surface area contributed by atoms with E-state index in [2.05, 4.69) is 15.3 Å². The lowest BCUT2D eigenvalue weighted by atomic mass is 10.9. The number of hydrogen-bond acceptors (Lipinski definition) is 3. The van der Waals surface area contributed by atoms with Gasteiger partial charge in [0.1, 0.15) is 0 Å². The lowest BCUT2D eigenvalue weighted by molar-refractivity contribution is 1.18. The predicted octanol–water partition coefficient (Wildman–Crippen LogP) is -0.235. The molecule has 1 radical (unpaired) electrons. The first-order valence-electron chi connectivity index (χ1n) is 1.61. The molecule has 31 valence electrons. The minimum Gasteiger partial charge on any atom is -0.338 e. The predicted molar refractivity (Wildman–Crippen MR) is 24.4 cm³/mol. The van der Waals surface area contributed by atoms with Crippen molar-refractivity contribution in [1.29, 1.82) is 0 Å². The van der Waals surface area contributed by atoms with Crippen molar-refractivity contribution in [2.75, 3.05) is 0 Å². The Morgan fingerprint density at radius 1 is 1.17 bits per heavy atom. The molecule has 3 heteroatoms. The molecule has 1 aliphatic heterocycles. The van der Waals surface area contributed by atoms with E-state index in [0.29, 0.717) is 0 Å². The highest BCUT2D eigenvalue weighted by molar-refractivity contribution is 5.76. The summed E-state index contributed by atoms with van der Waals surface area (Å²) in [6, 6.07) is 0. The van der Waals surface area contributed by atoms with Crippen molar-refractivity contribution in [3.05, 3.63) is 6.67 Å². The second-order valence-electron chi connectivity index (χ2n) is 0.838. The molecule has 1 aliphatic rings. The molecule has 0 saturated heterocycles. The Morgan fingerprint density at radius 2 is 1.83 bits per heavy atom. The molecule has 0 aromatic carbocycles. The number of nitrogens with one attached hydrogen (secondary N) is 1. The highest BCUT2D eigenvalue weighted by Crippen LogP contribution is 1.77. The zero-order valence-electron chi connectivity index (χ0n) is 3.13. The average molecular weight is 82.1 g/mol. The first kappa shape index (κ1) is 3.33. The Labute approximate surface area is 35.8 Å². The van der Waals surface area contributed by atoms with Gasteiger partial charge in [0.15, 0.2) is 6.67 Å². The molecule has 0 aromatic heterocycles. The monoisotopic (exact) mass is 82.0 g/mol. The van der Waals surface area contributed by atoms with Gasteiger partial charge in [-0.25, -0.2) is 9.98 Å². The third-order valence-corrected chi connectivity index (χ3v) is 0.431. The Morgan fingerprint density at radius 3 is 2.00 bits per heavy atom. The highest BCUT2D eigenvalue weighted by atomic mass is 15.1. The van der Waals surface area contributed by atoms with Gasteiger partial charge in [-0.2, -0.15) is 0 Å². The molecule has 0 bridgehead atoms. The van der Waals surface area contributed by atoms with E-state index in [-0.39, 0.29) is 0 Å². The van der Waals surface area contributed by atoms with Crippen molar-refractivity contribution in [3.8, 4) is 0 Å². The highest BCUT2D eigenvalue weighted by Gasteiger charge is 1.75. The van der Waals surface area contributed by atoms with E-state index in [0.717, 1.165) is 0 Å². The Hall–Kier alpha value is -0.860. The van der Waals surface area contributed by atoms with Crippen LogP contribution >= 0.6 is 0 Å². The lowest BCUT2D eigenvalue weighted by Crippen LogP contribution is -2.09. The van der Waals surface area contributed by atoms with Crippen LogP contribution < -0.4 is 5.32 Å². The number of nitrogens with zero attached hydrogens (tertiary/aromatic N) is 2. The topological polar surface area (TPSA) is 36.8 Å². The van der Waals surface area contributed by atoms with Crippen LogP contribution in [0.2, 0.25) is 0 Å². The third kappa shape index (κ3) is 0.544. The summed E-state index contributed by atoms with van der Waals surface area (Å²) in [5.74, 6) is 0. The van der Waals surface area contributed by atoms with Gasteiger partial charge in [-0.3, -0.25) is 0 Å². The molecular weight excluding hydrogens is 78.1 g/mol. The van der Waals surface area contributed by atoms with Crippen LogP contribution in [-0.2, 0) is 0 Å². The van der Waals surface area contributed by atoms with Gasteiger partial charge in [0, 0.05) is 0 Å². The SMILES string of the molecule is [CH]1N=CNC=N1. The van der Waals surface area contributed by atoms with E-state index in [1.54, 1.807) is 12.7 Å². The molecule has 3 nitrogen and oxygen atoms in total. The van der Waals surface area contributed by atoms with E-state index in [1.807, 2.05) is 0 Å². The van der Waals surface area contributed by atoms with Crippen molar-refractivity contribution < 1.29 is 0 Å². The fourth-order valence-corrected chi connectivity index (χ4v) is 0.225. The van der Waals surface area contributed by atoms with E-state index < -0.39 is 0 Å². The van der Waals surface area contributed by atoms with Gasteiger partial charge in [-0.1, -0.05) is 0 Å². The molecule has 1 heterocycles. The molecule has 6 heavy (non-hydrogen) atoms. The first-order valence-corrected chi connectivity index (χ1v) is 1.61. The molecule has 0 fully saturated rings. The summed E-state index contributed by atoms with van der Waals surface area (Å²) >= 11 is 0. The summed E-state index contributed by atoms with van der Waals surface area (Å²) in [5, 5.41) is 2.67. The molecule has 1 N–H and O–H groups in total. The summed E-state index contributed by atoms with van der Waals surface area (Å²) < 4.78 is 0. The van der Waals surface area contributed by atoms with E-state index in [1.165, 1.54) is 6.67 Å². The summed E-state index contributed by atoms with van der Waals surface area (Å²) in [5.41, 5.74) is 0. The van der Waals surface area contributed by atoms with E-state index in [9.17, 15) is 0 Å². The molecule has 0 aliphatic carbocycles. The smallest absolute Gasteiger partial charge is 0.185 e. The van der Waals surface area contributed by atoms with Crippen molar-refractivity contribution in [2.24, 2.45) is 9.98 Å². The van der Waals surface area contributed by atoms with Crippen molar-refractivity contribution >= 4 is 12.7 Å². The Bertz CT molecular complexity index is 64.0. The van der Waals surface area contributed by atoms with Crippen LogP contribution in [0.4, 0.5) is 0 Å². The molecule has 0 unspecified atom stereocenters. The lowest BCUT2D eigenvalue weighted by Gasteiger charge is -1.90. The van der Waals surface area contributed by atoms with Gasteiger partial charge >= 0.3 is 0 Å². The second kappa shape index (κ2) is 1.55. The standard InChI is InChI=1S/C3H4N3/c1-4-2-6-3-5-1/h1-3H,(H,4,5,6). The van der Waals surface area contributed by atoms with Crippen LogP contribution in [0.1, 0.15) is 0 Å². The van der Waals surface area contributed by atoms with Crippen LogP contribution in [0.5, 0.6) is 0 Å². The molecule has 0 atom stereocenters. The van der Waals surface area contributed by atoms with Crippen molar-refractivity contribution in [2.45, 2.75) is 0 Å². The first-order chi connectivity index (χ1) is 3.00. The van der Waals surface area contributed by atoms with Gasteiger partial charge in [-0.05, 0) is 0 Å². The zero-order chi connectivity index (χ0) is 4.24. The molecule has 0 spiro atoms. The van der Waals surface area contributed by atoms with E-state index >= 15 is 0 Å². The molecule has 0 amide bonds. The summed E-state index contributed by atoms with van der Waals surface area (Å²) in [7, 11) is 0. The number of hydrogen-bond donors (Lipinski definition) is 1. The Kier molecular flexibility index (Phi) is 0.859. The number of rotatable bonds is 0. The van der Waals surface area contributed by atoms with Crippen LogP contribution in [-0.4, -0.2) is 12.7 Å². The fourth-order valence-electron chi connectivity index (χ4n) is 0.225. The van der Waals surface area contributed by atoms with Crippen LogP contribution in [0.3, 0.4) is 0 Å². The van der Waals surface area contributed by atoms with Crippen LogP contribution in [0.15, 0.2) is 9.98 Å². The van der Waals surface area contributed by atoms with Gasteiger partial charge in [0.05, 0.1) is 12.7 Å². The quantitative estimate of drug-likeness (QED) is 0.430. The van der Waals surface area contributed by atoms with Crippen molar-refractivity contribution in [1.82, 2.24) is 5.32 Å². The van der Waals surface area contributed by atoms with Gasteiger partial charge in [0.2, 0.25) is 0 Å². The zero-order valence-corrected chi connectivity index (χ0v) is 3.13. The minimum absolute atomic E-state index is 1.47. The average Bonchev–Trinajstić information content (AvgIpc) is 1.72. The van der Waals surface area contributed by atoms with Gasteiger partial charge in [-0.15, -0.1) is 0 Å². The summed E-state index contributed by atoms with van der Waals surface area (Å²) in [6.45, 7) is 1.47. The molecular formula is C3H4N3. The van der Waals surface area contributed by atoms with E-state index in [4.69, 9.17) is 0 Å². The maximum atomic E-state index is 3.62. The second-order valence-corrected chi connectivity index (χ2v) is 0.838. The molecule has 0 aromatic rings.